The highest BCUT2D eigenvalue weighted by atomic mass is 35.5. The van der Waals surface area contributed by atoms with Gasteiger partial charge >= 0.3 is 0 Å². The van der Waals surface area contributed by atoms with Crippen LogP contribution in [0, 0.1) is 0 Å². The number of ether oxygens (including phenoxy) is 1. The molecule has 4 rings (SSSR count). The number of hydrogen-bond donors (Lipinski definition) is 1. The lowest BCUT2D eigenvalue weighted by molar-refractivity contribution is -0.0328. The van der Waals surface area contributed by atoms with Gasteiger partial charge in [-0.1, -0.05) is 41.9 Å². The van der Waals surface area contributed by atoms with Crippen LogP contribution in [0.4, 0.5) is 5.69 Å². The molecule has 0 amide bonds. The van der Waals surface area contributed by atoms with Crippen LogP contribution in [0.1, 0.15) is 22.8 Å². The van der Waals surface area contributed by atoms with E-state index in [2.05, 4.69) is 34.5 Å². The van der Waals surface area contributed by atoms with Gasteiger partial charge in [-0.3, -0.25) is 4.90 Å². The zero-order valence-electron chi connectivity index (χ0n) is 13.5. The van der Waals surface area contributed by atoms with Gasteiger partial charge in [0.2, 0.25) is 0 Å². The lowest BCUT2D eigenvalue weighted by atomic mass is 10.1. The van der Waals surface area contributed by atoms with E-state index in [1.165, 1.54) is 22.4 Å². The molecule has 24 heavy (non-hydrogen) atoms. The van der Waals surface area contributed by atoms with Crippen molar-refractivity contribution < 1.29 is 4.74 Å². The van der Waals surface area contributed by atoms with Gasteiger partial charge in [0.05, 0.1) is 12.7 Å². The first-order valence-corrected chi connectivity index (χ1v) is 8.61. The number of anilines is 1. The zero-order chi connectivity index (χ0) is 15.6. The van der Waals surface area contributed by atoms with Gasteiger partial charge in [0.1, 0.15) is 0 Å². The van der Waals surface area contributed by atoms with Crippen LogP contribution in [0.25, 0.3) is 0 Å². The third kappa shape index (κ3) is 3.70. The van der Waals surface area contributed by atoms with Crippen LogP contribution in [-0.4, -0.2) is 31.1 Å². The molecule has 5 heteroatoms. The predicted octanol–water partition coefficient (Wildman–Crippen LogP) is 4.30. The van der Waals surface area contributed by atoms with Crippen LogP contribution in [0.5, 0.6) is 0 Å². The Morgan fingerprint density at radius 2 is 2.08 bits per heavy atom. The summed E-state index contributed by atoms with van der Waals surface area (Å²) in [7, 11) is 0. The molecule has 2 aliphatic rings. The molecule has 1 saturated heterocycles. The Hall–Kier alpha value is -1.26. The summed E-state index contributed by atoms with van der Waals surface area (Å²) in [6.45, 7) is 4.67. The Kier molecular flexibility index (Phi) is 5.67. The monoisotopic (exact) mass is 364 g/mol. The molecule has 0 radical (unpaired) electrons. The lowest BCUT2D eigenvalue weighted by Crippen LogP contribution is -2.37. The Labute approximate surface area is 154 Å². The molecule has 1 unspecified atom stereocenters. The molecule has 3 nitrogen and oxygen atoms in total. The molecule has 2 heterocycles. The highest BCUT2D eigenvalue weighted by Gasteiger charge is 2.23. The Balaban J connectivity index is 0.00000169. The van der Waals surface area contributed by atoms with Crippen LogP contribution in [0.2, 0.25) is 5.02 Å². The minimum atomic E-state index is 0. The van der Waals surface area contributed by atoms with Crippen molar-refractivity contribution in [1.82, 2.24) is 4.90 Å². The number of halogens is 2. The second kappa shape index (κ2) is 7.75. The lowest BCUT2D eigenvalue weighted by Gasteiger charge is -2.33. The second-order valence-electron chi connectivity index (χ2n) is 6.28. The molecule has 1 atom stereocenters. The van der Waals surface area contributed by atoms with E-state index in [9.17, 15) is 0 Å². The maximum Gasteiger partial charge on any atom is 0.0953 e. The fourth-order valence-corrected chi connectivity index (χ4v) is 3.74. The number of para-hydroxylation sites is 1. The standard InChI is InChI=1S/C19H21ClN2O.ClH/c20-17-6-2-4-15(11-17)18-13-22(9-10-23-18)12-16-5-1-3-14-7-8-21-19(14)16;/h1-6,11,18,21H,7-10,12-13H2;1H. The maximum atomic E-state index is 6.12. The van der Waals surface area contributed by atoms with E-state index >= 15 is 0 Å². The third-order valence-corrected chi connectivity index (χ3v) is 4.93. The van der Waals surface area contributed by atoms with E-state index < -0.39 is 0 Å². The van der Waals surface area contributed by atoms with E-state index in [0.29, 0.717) is 0 Å². The molecular weight excluding hydrogens is 343 g/mol. The van der Waals surface area contributed by atoms with Gasteiger partial charge in [0.15, 0.2) is 0 Å². The molecule has 2 aromatic rings. The summed E-state index contributed by atoms with van der Waals surface area (Å²) in [5, 5.41) is 4.30. The zero-order valence-corrected chi connectivity index (χ0v) is 15.1. The topological polar surface area (TPSA) is 24.5 Å². The van der Waals surface area contributed by atoms with E-state index in [1.54, 1.807) is 0 Å². The summed E-state index contributed by atoms with van der Waals surface area (Å²) in [6, 6.07) is 14.7. The summed E-state index contributed by atoms with van der Waals surface area (Å²) >= 11 is 6.12. The molecule has 0 aromatic heterocycles. The first kappa shape index (κ1) is 17.6. The molecule has 128 valence electrons. The quantitative estimate of drug-likeness (QED) is 0.878. The SMILES string of the molecule is Cl.Clc1cccc(C2CN(Cc3cccc4c3NCC4)CCO2)c1. The fourth-order valence-electron chi connectivity index (χ4n) is 3.54. The Morgan fingerprint density at radius 1 is 1.21 bits per heavy atom. The number of benzene rings is 2. The van der Waals surface area contributed by atoms with Gasteiger partial charge in [-0.05, 0) is 35.2 Å². The number of morpholine rings is 1. The largest absolute Gasteiger partial charge is 0.384 e. The van der Waals surface area contributed by atoms with Crippen LogP contribution in [0.3, 0.4) is 0 Å². The van der Waals surface area contributed by atoms with E-state index in [0.717, 1.165) is 44.2 Å². The molecular formula is C19H22Cl2N2O. The first-order chi connectivity index (χ1) is 11.3. The van der Waals surface area contributed by atoms with E-state index in [1.807, 2.05) is 18.2 Å². The maximum absolute atomic E-state index is 6.12. The van der Waals surface area contributed by atoms with Gasteiger partial charge in [0, 0.05) is 36.9 Å². The summed E-state index contributed by atoms with van der Waals surface area (Å²) in [5.41, 5.74) is 5.35. The molecule has 0 saturated carbocycles. The molecule has 2 aromatic carbocycles. The van der Waals surface area contributed by atoms with Crippen molar-refractivity contribution in [3.05, 3.63) is 64.2 Å². The molecule has 0 aliphatic carbocycles. The fraction of sp³-hybridized carbons (Fsp3) is 0.368. The number of nitrogens with one attached hydrogen (secondary N) is 1. The summed E-state index contributed by atoms with van der Waals surface area (Å²) in [5.74, 6) is 0. The highest BCUT2D eigenvalue weighted by Crippen LogP contribution is 2.30. The van der Waals surface area contributed by atoms with Gasteiger partial charge in [-0.25, -0.2) is 0 Å². The summed E-state index contributed by atoms with van der Waals surface area (Å²) in [4.78, 5) is 2.48. The van der Waals surface area contributed by atoms with Crippen molar-refractivity contribution in [2.45, 2.75) is 19.1 Å². The molecule has 0 bridgehead atoms. The highest BCUT2D eigenvalue weighted by molar-refractivity contribution is 6.30. The smallest absolute Gasteiger partial charge is 0.0953 e. The van der Waals surface area contributed by atoms with Crippen LogP contribution in [-0.2, 0) is 17.7 Å². The molecule has 1 N–H and O–H groups in total. The van der Waals surface area contributed by atoms with E-state index in [-0.39, 0.29) is 18.5 Å². The summed E-state index contributed by atoms with van der Waals surface area (Å²) < 4.78 is 5.96. The molecule has 2 aliphatic heterocycles. The van der Waals surface area contributed by atoms with Crippen molar-refractivity contribution in [2.75, 3.05) is 31.6 Å². The van der Waals surface area contributed by atoms with Crippen LogP contribution in [0.15, 0.2) is 42.5 Å². The third-order valence-electron chi connectivity index (χ3n) is 4.70. The summed E-state index contributed by atoms with van der Waals surface area (Å²) in [6.07, 6.45) is 1.24. The average molecular weight is 365 g/mol. The Morgan fingerprint density at radius 3 is 2.96 bits per heavy atom. The van der Waals surface area contributed by atoms with Crippen molar-refractivity contribution in [1.29, 1.82) is 0 Å². The number of fused-ring (bicyclic) bond motifs is 1. The number of rotatable bonds is 3. The van der Waals surface area contributed by atoms with Gasteiger partial charge < -0.3 is 10.1 Å². The van der Waals surface area contributed by atoms with Crippen LogP contribution >= 0.6 is 24.0 Å². The normalized spacial score (nSPS) is 20.1. The van der Waals surface area contributed by atoms with Crippen molar-refractivity contribution in [3.8, 4) is 0 Å². The van der Waals surface area contributed by atoms with Gasteiger partial charge in [-0.15, -0.1) is 12.4 Å². The predicted molar refractivity (Wildman–Crippen MR) is 101 cm³/mol. The average Bonchev–Trinajstić information content (AvgIpc) is 3.05. The van der Waals surface area contributed by atoms with Gasteiger partial charge in [0.25, 0.3) is 0 Å². The Bertz CT molecular complexity index is 708. The van der Waals surface area contributed by atoms with E-state index in [4.69, 9.17) is 16.3 Å². The van der Waals surface area contributed by atoms with Crippen molar-refractivity contribution >= 4 is 29.7 Å². The van der Waals surface area contributed by atoms with Crippen molar-refractivity contribution in [3.63, 3.8) is 0 Å². The second-order valence-corrected chi connectivity index (χ2v) is 6.71. The first-order valence-electron chi connectivity index (χ1n) is 8.24. The minimum absolute atomic E-state index is 0. The number of hydrogen-bond acceptors (Lipinski definition) is 3. The minimum Gasteiger partial charge on any atom is -0.384 e. The van der Waals surface area contributed by atoms with Gasteiger partial charge in [-0.2, -0.15) is 0 Å². The van der Waals surface area contributed by atoms with Crippen molar-refractivity contribution in [2.24, 2.45) is 0 Å². The molecule has 1 fully saturated rings. The number of nitrogens with zero attached hydrogens (tertiary/aromatic N) is 1. The van der Waals surface area contributed by atoms with Crippen LogP contribution < -0.4 is 5.32 Å². The molecule has 0 spiro atoms.